The molecule has 0 spiro atoms. The Balaban J connectivity index is 1.65. The molecule has 2 amide bonds. The molecule has 5 heteroatoms. The van der Waals surface area contributed by atoms with Crippen LogP contribution in [0, 0.1) is 11.8 Å². The van der Waals surface area contributed by atoms with Gasteiger partial charge in [-0.1, -0.05) is 37.3 Å². The summed E-state index contributed by atoms with van der Waals surface area (Å²) in [6, 6.07) is 9.69. The SMILES string of the molecule is CC(C(=O)NCC(=O)NCc1ccccc1)C1CNC1. The van der Waals surface area contributed by atoms with Crippen LogP contribution in [0.2, 0.25) is 0 Å². The number of rotatable bonds is 6. The van der Waals surface area contributed by atoms with Crippen LogP contribution in [0.15, 0.2) is 30.3 Å². The predicted octanol–water partition coefficient (Wildman–Crippen LogP) is 0.275. The summed E-state index contributed by atoms with van der Waals surface area (Å²) in [5.74, 6) is 0.132. The van der Waals surface area contributed by atoms with Gasteiger partial charge in [0.2, 0.25) is 11.8 Å². The van der Waals surface area contributed by atoms with Crippen LogP contribution < -0.4 is 16.0 Å². The first-order chi connectivity index (χ1) is 9.66. The third-order valence-electron chi connectivity index (χ3n) is 3.69. The van der Waals surface area contributed by atoms with E-state index in [0.29, 0.717) is 12.5 Å². The van der Waals surface area contributed by atoms with Crippen molar-refractivity contribution in [3.05, 3.63) is 35.9 Å². The van der Waals surface area contributed by atoms with E-state index in [1.54, 1.807) is 0 Å². The van der Waals surface area contributed by atoms with Crippen molar-refractivity contribution in [2.24, 2.45) is 11.8 Å². The molecule has 0 bridgehead atoms. The van der Waals surface area contributed by atoms with Crippen LogP contribution in [0.5, 0.6) is 0 Å². The molecule has 0 saturated carbocycles. The van der Waals surface area contributed by atoms with Gasteiger partial charge in [-0.3, -0.25) is 9.59 Å². The Hall–Kier alpha value is -1.88. The van der Waals surface area contributed by atoms with Crippen molar-refractivity contribution in [3.63, 3.8) is 0 Å². The molecule has 1 aliphatic heterocycles. The molecule has 3 N–H and O–H groups in total. The van der Waals surface area contributed by atoms with Gasteiger partial charge in [0.05, 0.1) is 6.54 Å². The quantitative estimate of drug-likeness (QED) is 0.698. The number of carbonyl (C=O) groups excluding carboxylic acids is 2. The first-order valence-corrected chi connectivity index (χ1v) is 6.96. The Morgan fingerprint density at radius 2 is 1.95 bits per heavy atom. The van der Waals surface area contributed by atoms with E-state index in [2.05, 4.69) is 16.0 Å². The van der Waals surface area contributed by atoms with Gasteiger partial charge >= 0.3 is 0 Å². The number of nitrogens with one attached hydrogen (secondary N) is 3. The van der Waals surface area contributed by atoms with E-state index < -0.39 is 0 Å². The minimum absolute atomic E-state index is 0.0379. The molecule has 1 aromatic rings. The minimum Gasteiger partial charge on any atom is -0.350 e. The maximum absolute atomic E-state index is 11.8. The van der Waals surface area contributed by atoms with Crippen molar-refractivity contribution in [2.75, 3.05) is 19.6 Å². The molecule has 1 heterocycles. The van der Waals surface area contributed by atoms with Gasteiger partial charge in [-0.05, 0) is 24.6 Å². The number of hydrogen-bond donors (Lipinski definition) is 3. The van der Waals surface area contributed by atoms with E-state index >= 15 is 0 Å². The fraction of sp³-hybridized carbons (Fsp3) is 0.467. The molecule has 1 aromatic carbocycles. The summed E-state index contributed by atoms with van der Waals surface area (Å²) in [7, 11) is 0. The molecular formula is C15H21N3O2. The van der Waals surface area contributed by atoms with E-state index in [1.807, 2.05) is 37.3 Å². The topological polar surface area (TPSA) is 70.2 Å². The van der Waals surface area contributed by atoms with Crippen LogP contribution in [0.4, 0.5) is 0 Å². The zero-order chi connectivity index (χ0) is 14.4. The zero-order valence-electron chi connectivity index (χ0n) is 11.7. The lowest BCUT2D eigenvalue weighted by atomic mass is 9.88. The standard InChI is InChI=1S/C15H21N3O2/c1-11(13-8-16-9-13)15(20)18-10-14(19)17-7-12-5-3-2-4-6-12/h2-6,11,13,16H,7-10H2,1H3,(H,17,19)(H,18,20). The van der Waals surface area contributed by atoms with Crippen LogP contribution in [0.3, 0.4) is 0 Å². The fourth-order valence-corrected chi connectivity index (χ4v) is 2.07. The molecule has 0 aromatic heterocycles. The third kappa shape index (κ3) is 4.06. The molecular weight excluding hydrogens is 254 g/mol. The summed E-state index contributed by atoms with van der Waals surface area (Å²) < 4.78 is 0. The Labute approximate surface area is 119 Å². The first kappa shape index (κ1) is 14.5. The van der Waals surface area contributed by atoms with Gasteiger partial charge in [0.15, 0.2) is 0 Å². The van der Waals surface area contributed by atoms with Crippen molar-refractivity contribution in [1.29, 1.82) is 0 Å². The number of benzene rings is 1. The molecule has 0 radical (unpaired) electrons. The fourth-order valence-electron chi connectivity index (χ4n) is 2.07. The highest BCUT2D eigenvalue weighted by Gasteiger charge is 2.28. The van der Waals surface area contributed by atoms with Gasteiger partial charge in [-0.15, -0.1) is 0 Å². The normalized spacial score (nSPS) is 16.1. The van der Waals surface area contributed by atoms with Gasteiger partial charge in [0.25, 0.3) is 0 Å². The van der Waals surface area contributed by atoms with Gasteiger partial charge in [0.1, 0.15) is 0 Å². The summed E-state index contributed by atoms with van der Waals surface area (Å²) in [5, 5.41) is 8.61. The van der Waals surface area contributed by atoms with Crippen molar-refractivity contribution in [3.8, 4) is 0 Å². The van der Waals surface area contributed by atoms with Crippen molar-refractivity contribution < 1.29 is 9.59 Å². The summed E-state index contributed by atoms with van der Waals surface area (Å²) >= 11 is 0. The average Bonchev–Trinajstić information content (AvgIpc) is 2.41. The maximum Gasteiger partial charge on any atom is 0.239 e. The van der Waals surface area contributed by atoms with Crippen molar-refractivity contribution in [1.82, 2.24) is 16.0 Å². The average molecular weight is 275 g/mol. The minimum atomic E-state index is -0.166. The van der Waals surface area contributed by atoms with Crippen LogP contribution >= 0.6 is 0 Å². The Kier molecular flexibility index (Phi) is 5.12. The molecule has 1 aliphatic rings. The summed E-state index contributed by atoms with van der Waals surface area (Å²) in [4.78, 5) is 23.5. The van der Waals surface area contributed by atoms with E-state index in [1.165, 1.54) is 0 Å². The highest BCUT2D eigenvalue weighted by molar-refractivity contribution is 5.85. The van der Waals surface area contributed by atoms with Gasteiger partial charge in [-0.25, -0.2) is 0 Å². The Morgan fingerprint density at radius 1 is 1.25 bits per heavy atom. The second-order valence-electron chi connectivity index (χ2n) is 5.19. The highest BCUT2D eigenvalue weighted by atomic mass is 16.2. The second kappa shape index (κ2) is 7.05. The lowest BCUT2D eigenvalue weighted by molar-refractivity contribution is -0.129. The molecule has 5 nitrogen and oxygen atoms in total. The largest absolute Gasteiger partial charge is 0.350 e. The lowest BCUT2D eigenvalue weighted by Crippen LogP contribution is -2.50. The van der Waals surface area contributed by atoms with E-state index in [9.17, 15) is 9.59 Å². The van der Waals surface area contributed by atoms with Gasteiger partial charge in [-0.2, -0.15) is 0 Å². The first-order valence-electron chi connectivity index (χ1n) is 6.96. The van der Waals surface area contributed by atoms with Crippen LogP contribution in [-0.2, 0) is 16.1 Å². The second-order valence-corrected chi connectivity index (χ2v) is 5.19. The summed E-state index contributed by atoms with van der Waals surface area (Å²) in [5.41, 5.74) is 1.04. The molecule has 2 rings (SSSR count). The maximum atomic E-state index is 11.8. The Morgan fingerprint density at radius 3 is 2.55 bits per heavy atom. The monoisotopic (exact) mass is 275 g/mol. The molecule has 108 valence electrons. The number of carbonyl (C=O) groups is 2. The van der Waals surface area contributed by atoms with E-state index in [0.717, 1.165) is 18.7 Å². The molecule has 1 atom stereocenters. The van der Waals surface area contributed by atoms with E-state index in [-0.39, 0.29) is 24.3 Å². The summed E-state index contributed by atoms with van der Waals surface area (Å²) in [6.07, 6.45) is 0. The van der Waals surface area contributed by atoms with Crippen LogP contribution in [0.1, 0.15) is 12.5 Å². The molecule has 1 fully saturated rings. The number of hydrogen-bond acceptors (Lipinski definition) is 3. The number of amides is 2. The Bertz CT molecular complexity index is 457. The van der Waals surface area contributed by atoms with E-state index in [4.69, 9.17) is 0 Å². The molecule has 0 aliphatic carbocycles. The van der Waals surface area contributed by atoms with Crippen LogP contribution in [-0.4, -0.2) is 31.4 Å². The molecule has 1 saturated heterocycles. The zero-order valence-corrected chi connectivity index (χ0v) is 11.7. The van der Waals surface area contributed by atoms with Gasteiger partial charge < -0.3 is 16.0 Å². The summed E-state index contributed by atoms with van der Waals surface area (Å²) in [6.45, 7) is 4.19. The molecule has 1 unspecified atom stereocenters. The highest BCUT2D eigenvalue weighted by Crippen LogP contribution is 2.15. The van der Waals surface area contributed by atoms with Crippen molar-refractivity contribution >= 4 is 11.8 Å². The van der Waals surface area contributed by atoms with Crippen molar-refractivity contribution in [2.45, 2.75) is 13.5 Å². The van der Waals surface area contributed by atoms with Crippen LogP contribution in [0.25, 0.3) is 0 Å². The third-order valence-corrected chi connectivity index (χ3v) is 3.69. The predicted molar refractivity (Wildman–Crippen MR) is 76.8 cm³/mol. The molecule has 20 heavy (non-hydrogen) atoms. The smallest absolute Gasteiger partial charge is 0.239 e. The lowest BCUT2D eigenvalue weighted by Gasteiger charge is -2.31. The van der Waals surface area contributed by atoms with Gasteiger partial charge in [0, 0.05) is 12.5 Å².